The van der Waals surface area contributed by atoms with Gasteiger partial charge in [0.2, 0.25) is 0 Å². The van der Waals surface area contributed by atoms with Crippen LogP contribution in [0, 0.1) is 0 Å². The number of aliphatic hydroxyl groups is 1. The number of benzene rings is 2. The van der Waals surface area contributed by atoms with E-state index in [1.807, 2.05) is 65.0 Å². The first-order valence-corrected chi connectivity index (χ1v) is 13.3. The first-order chi connectivity index (χ1) is 17.5. The molecule has 2 atom stereocenters. The molecule has 196 valence electrons. The average molecular weight is 514 g/mol. The third-order valence-corrected chi connectivity index (χ3v) is 5.75. The second-order valence-corrected chi connectivity index (χ2v) is 8.40. The summed E-state index contributed by atoms with van der Waals surface area (Å²) >= 11 is 0. The lowest BCUT2D eigenvalue weighted by Gasteiger charge is -2.28. The number of fused-ring (bicyclic) bond motifs is 1. The maximum Gasteiger partial charge on any atom is 0.251 e. The van der Waals surface area contributed by atoms with Gasteiger partial charge in [-0.2, -0.15) is 0 Å². The van der Waals surface area contributed by atoms with Crippen LogP contribution in [0.15, 0.2) is 42.6 Å². The van der Waals surface area contributed by atoms with Gasteiger partial charge in [-0.1, -0.05) is 39.8 Å². The molecule has 0 aliphatic carbocycles. The van der Waals surface area contributed by atoms with Crippen LogP contribution < -0.4 is 20.8 Å². The van der Waals surface area contributed by atoms with E-state index in [1.165, 1.54) is 0 Å². The summed E-state index contributed by atoms with van der Waals surface area (Å²) in [6.45, 7) is 13.0. The molecule has 0 radical (unpaired) electrons. The first-order valence-electron chi connectivity index (χ1n) is 12.7. The zero-order chi connectivity index (χ0) is 26.5. The van der Waals surface area contributed by atoms with E-state index >= 15 is 0 Å². The smallest absolute Gasteiger partial charge is 0.251 e. The highest BCUT2D eigenvalue weighted by Gasteiger charge is 2.19. The molecule has 1 aliphatic rings. The molecule has 4 rings (SSSR count). The maximum atomic E-state index is 12.6. The van der Waals surface area contributed by atoms with Crippen molar-refractivity contribution in [3.05, 3.63) is 53.7 Å². The quantitative estimate of drug-likeness (QED) is 0.412. The number of morpholine rings is 1. The van der Waals surface area contributed by atoms with E-state index in [1.54, 1.807) is 12.3 Å². The Morgan fingerprint density at radius 3 is 2.56 bits per heavy atom. The molecule has 8 nitrogen and oxygen atoms in total. The van der Waals surface area contributed by atoms with E-state index in [9.17, 15) is 4.79 Å². The van der Waals surface area contributed by atoms with Gasteiger partial charge in [0.05, 0.1) is 43.1 Å². The molecule has 3 N–H and O–H groups in total. The van der Waals surface area contributed by atoms with Crippen LogP contribution in [0.2, 0.25) is 0 Å². The Balaban J connectivity index is 0.00000109. The molecule has 0 spiro atoms. The van der Waals surface area contributed by atoms with Crippen LogP contribution in [-0.2, 0) is 4.74 Å². The zero-order valence-corrected chi connectivity index (χ0v) is 23.2. The van der Waals surface area contributed by atoms with Crippen molar-refractivity contribution >= 4 is 43.0 Å². The largest absolute Gasteiger partial charge is 0.395 e. The summed E-state index contributed by atoms with van der Waals surface area (Å²) in [6, 6.07) is 11.5. The van der Waals surface area contributed by atoms with Gasteiger partial charge in [-0.15, -0.1) is 9.24 Å². The standard InChI is InChI=1S/C23H28N5O3P.2C2H6/c1-15(26-17-3-2-4-18(32)13-17)19-11-16(23(30)24-5-8-29)12-20-22(19)27-21(14-25-20)28-6-9-31-10-7-28;2*1-2/h2-4,11-15,26,29H,5-10,32H2,1H3,(H,24,30);2*1-2H3. The summed E-state index contributed by atoms with van der Waals surface area (Å²) in [5, 5.41) is 16.4. The van der Waals surface area contributed by atoms with E-state index < -0.39 is 0 Å². The lowest BCUT2D eigenvalue weighted by atomic mass is 10.0. The first kappa shape index (κ1) is 29.4. The Kier molecular flexibility index (Phi) is 12.5. The number of aromatic nitrogens is 2. The van der Waals surface area contributed by atoms with Gasteiger partial charge in [0, 0.05) is 36.4 Å². The number of hydrogen-bond donors (Lipinski definition) is 3. The highest BCUT2D eigenvalue weighted by Crippen LogP contribution is 2.28. The minimum atomic E-state index is -0.250. The Morgan fingerprint density at radius 2 is 1.89 bits per heavy atom. The number of hydrogen-bond acceptors (Lipinski definition) is 7. The van der Waals surface area contributed by atoms with E-state index in [2.05, 4.69) is 29.8 Å². The number of amides is 1. The van der Waals surface area contributed by atoms with Crippen molar-refractivity contribution in [3.63, 3.8) is 0 Å². The lowest BCUT2D eigenvalue weighted by Crippen LogP contribution is -2.36. The van der Waals surface area contributed by atoms with Crippen LogP contribution in [-0.4, -0.2) is 60.4 Å². The lowest BCUT2D eigenvalue weighted by molar-refractivity contribution is 0.0944. The third-order valence-electron chi connectivity index (χ3n) is 5.40. The molecule has 1 fully saturated rings. The summed E-state index contributed by atoms with van der Waals surface area (Å²) in [6.07, 6.45) is 1.75. The van der Waals surface area contributed by atoms with Gasteiger partial charge in [0.1, 0.15) is 5.82 Å². The van der Waals surface area contributed by atoms with Crippen molar-refractivity contribution in [2.75, 3.05) is 49.7 Å². The second kappa shape index (κ2) is 15.3. The van der Waals surface area contributed by atoms with Crippen molar-refractivity contribution in [2.45, 2.75) is 40.7 Å². The van der Waals surface area contributed by atoms with Gasteiger partial charge in [-0.05, 0) is 36.5 Å². The number of ether oxygens (including phenoxy) is 1. The van der Waals surface area contributed by atoms with Crippen LogP contribution >= 0.6 is 9.24 Å². The summed E-state index contributed by atoms with van der Waals surface area (Å²) in [4.78, 5) is 24.4. The molecule has 3 aromatic rings. The minimum Gasteiger partial charge on any atom is -0.395 e. The Labute approximate surface area is 217 Å². The molecule has 2 unspecified atom stereocenters. The predicted molar refractivity (Wildman–Crippen MR) is 153 cm³/mol. The van der Waals surface area contributed by atoms with Crippen molar-refractivity contribution < 1.29 is 14.6 Å². The molecule has 36 heavy (non-hydrogen) atoms. The minimum absolute atomic E-state index is 0.113. The van der Waals surface area contributed by atoms with Crippen LogP contribution in [0.4, 0.5) is 11.5 Å². The van der Waals surface area contributed by atoms with Crippen molar-refractivity contribution in [2.24, 2.45) is 0 Å². The topological polar surface area (TPSA) is 99.6 Å². The fraction of sp³-hybridized carbons (Fsp3) is 0.444. The summed E-state index contributed by atoms with van der Waals surface area (Å²) < 4.78 is 5.46. The summed E-state index contributed by atoms with van der Waals surface area (Å²) in [7, 11) is 2.70. The van der Waals surface area contributed by atoms with Gasteiger partial charge >= 0.3 is 0 Å². The number of rotatable bonds is 7. The molecule has 9 heteroatoms. The average Bonchev–Trinajstić information content (AvgIpc) is 2.93. The van der Waals surface area contributed by atoms with Crippen LogP contribution in [0.3, 0.4) is 0 Å². The normalized spacial score (nSPS) is 13.6. The number of anilines is 2. The van der Waals surface area contributed by atoms with Gasteiger partial charge in [-0.25, -0.2) is 4.98 Å². The van der Waals surface area contributed by atoms with Crippen LogP contribution in [0.25, 0.3) is 11.0 Å². The number of nitrogens with zero attached hydrogens (tertiary/aromatic N) is 3. The monoisotopic (exact) mass is 513 g/mol. The summed E-state index contributed by atoms with van der Waals surface area (Å²) in [5.41, 5.74) is 3.76. The fourth-order valence-electron chi connectivity index (χ4n) is 3.77. The van der Waals surface area contributed by atoms with Crippen molar-refractivity contribution in [1.29, 1.82) is 0 Å². The van der Waals surface area contributed by atoms with E-state index in [0.717, 1.165) is 41.0 Å². The highest BCUT2D eigenvalue weighted by atomic mass is 31.0. The molecule has 1 saturated heterocycles. The molecule has 1 aromatic heterocycles. The third kappa shape index (κ3) is 7.85. The van der Waals surface area contributed by atoms with Gasteiger partial charge < -0.3 is 25.4 Å². The van der Waals surface area contributed by atoms with Crippen molar-refractivity contribution in [1.82, 2.24) is 15.3 Å². The molecule has 2 heterocycles. The number of carbonyl (C=O) groups excluding carboxylic acids is 1. The van der Waals surface area contributed by atoms with E-state index in [0.29, 0.717) is 24.3 Å². The van der Waals surface area contributed by atoms with Gasteiger partial charge in [0.25, 0.3) is 5.91 Å². The van der Waals surface area contributed by atoms with Crippen molar-refractivity contribution in [3.8, 4) is 0 Å². The number of nitrogens with one attached hydrogen (secondary N) is 2. The Morgan fingerprint density at radius 1 is 1.17 bits per heavy atom. The van der Waals surface area contributed by atoms with Crippen LogP contribution in [0.1, 0.15) is 56.6 Å². The second-order valence-electron chi connectivity index (χ2n) is 7.73. The highest BCUT2D eigenvalue weighted by molar-refractivity contribution is 7.27. The fourth-order valence-corrected chi connectivity index (χ4v) is 4.06. The molecule has 1 aliphatic heterocycles. The molecular formula is C27H40N5O3P. The number of carbonyl (C=O) groups is 1. The Bertz CT molecular complexity index is 1110. The van der Waals surface area contributed by atoms with E-state index in [4.69, 9.17) is 14.8 Å². The molecule has 1 amide bonds. The SMILES string of the molecule is CC.CC.CC(Nc1cccc(P)c1)c1cc(C(=O)NCCO)cc2ncc(N3CCOCC3)nc12. The van der Waals surface area contributed by atoms with Crippen LogP contribution in [0.5, 0.6) is 0 Å². The Hall–Kier alpha value is -2.80. The maximum absolute atomic E-state index is 12.6. The van der Waals surface area contributed by atoms with Gasteiger partial charge in [0.15, 0.2) is 0 Å². The van der Waals surface area contributed by atoms with E-state index in [-0.39, 0.29) is 25.1 Å². The summed E-state index contributed by atoms with van der Waals surface area (Å²) in [5.74, 6) is 0.555. The molecule has 2 aromatic carbocycles. The molecule has 0 bridgehead atoms. The number of aliphatic hydroxyl groups excluding tert-OH is 1. The predicted octanol–water partition coefficient (Wildman–Crippen LogP) is 3.91. The molecule has 0 saturated carbocycles. The molecular weight excluding hydrogens is 473 g/mol. The zero-order valence-electron chi connectivity index (χ0n) is 22.0. The van der Waals surface area contributed by atoms with Gasteiger partial charge in [-0.3, -0.25) is 9.78 Å².